The van der Waals surface area contributed by atoms with Crippen LogP contribution in [0.25, 0.3) is 0 Å². The normalized spacial score (nSPS) is 23.7. The molecule has 0 spiro atoms. The molecular formula is C11H11BrClNO2. The number of nitrogens with one attached hydrogen (secondary N) is 1. The molecule has 0 unspecified atom stereocenters. The van der Waals surface area contributed by atoms with Crippen LogP contribution in [0.2, 0.25) is 5.02 Å². The molecule has 1 aliphatic rings. The summed E-state index contributed by atoms with van der Waals surface area (Å²) in [5.74, 6) is -0.147. The highest BCUT2D eigenvalue weighted by Gasteiger charge is 2.28. The molecule has 0 radical (unpaired) electrons. The van der Waals surface area contributed by atoms with Gasteiger partial charge in [-0.25, -0.2) is 0 Å². The minimum Gasteiger partial charge on any atom is -0.393 e. The molecule has 0 aromatic heterocycles. The number of benzene rings is 1. The molecule has 0 aliphatic heterocycles. The summed E-state index contributed by atoms with van der Waals surface area (Å²) in [6.07, 6.45) is 1.00. The van der Waals surface area contributed by atoms with E-state index in [0.717, 1.165) is 4.47 Å². The lowest BCUT2D eigenvalue weighted by molar-refractivity contribution is 0.0562. The van der Waals surface area contributed by atoms with Gasteiger partial charge in [-0.15, -0.1) is 0 Å². The third-order valence-electron chi connectivity index (χ3n) is 2.63. The lowest BCUT2D eigenvalue weighted by Gasteiger charge is -2.31. The number of aliphatic hydroxyl groups excluding tert-OH is 1. The van der Waals surface area contributed by atoms with Crippen molar-refractivity contribution in [2.75, 3.05) is 0 Å². The van der Waals surface area contributed by atoms with E-state index >= 15 is 0 Å². The van der Waals surface area contributed by atoms with Crippen molar-refractivity contribution in [2.24, 2.45) is 0 Å². The molecule has 2 rings (SSSR count). The fourth-order valence-corrected chi connectivity index (χ4v) is 2.04. The van der Waals surface area contributed by atoms with Gasteiger partial charge in [0.05, 0.1) is 11.1 Å². The molecule has 5 heteroatoms. The average Bonchev–Trinajstić information content (AvgIpc) is 2.19. The largest absolute Gasteiger partial charge is 0.393 e. The Balaban J connectivity index is 2.01. The van der Waals surface area contributed by atoms with Crippen LogP contribution in [0.15, 0.2) is 22.7 Å². The molecule has 1 fully saturated rings. The van der Waals surface area contributed by atoms with Gasteiger partial charge in [0.2, 0.25) is 0 Å². The van der Waals surface area contributed by atoms with Gasteiger partial charge in [0.25, 0.3) is 5.91 Å². The van der Waals surface area contributed by atoms with Gasteiger partial charge in [-0.3, -0.25) is 4.79 Å². The summed E-state index contributed by atoms with van der Waals surface area (Å²) in [5, 5.41) is 12.5. The minimum absolute atomic E-state index is 0.0879. The van der Waals surface area contributed by atoms with Crippen molar-refractivity contribution < 1.29 is 9.90 Å². The van der Waals surface area contributed by atoms with Crippen molar-refractivity contribution in [3.63, 3.8) is 0 Å². The zero-order chi connectivity index (χ0) is 11.7. The highest BCUT2D eigenvalue weighted by atomic mass is 79.9. The monoisotopic (exact) mass is 303 g/mol. The van der Waals surface area contributed by atoms with Crippen molar-refractivity contribution in [2.45, 2.75) is 25.0 Å². The maximum absolute atomic E-state index is 11.8. The van der Waals surface area contributed by atoms with Crippen molar-refractivity contribution >= 4 is 33.4 Å². The standard InChI is InChI=1S/C11H11BrClNO2/c12-9-2-1-6(3-10(9)13)11(16)14-7-4-8(15)5-7/h1-3,7-8,15H,4-5H2,(H,14,16). The predicted molar refractivity (Wildman–Crippen MR) is 65.6 cm³/mol. The average molecular weight is 305 g/mol. The number of rotatable bonds is 2. The molecule has 1 aromatic rings. The van der Waals surface area contributed by atoms with Crippen molar-refractivity contribution in [3.8, 4) is 0 Å². The van der Waals surface area contributed by atoms with E-state index < -0.39 is 0 Å². The van der Waals surface area contributed by atoms with Gasteiger partial charge < -0.3 is 10.4 Å². The third-order valence-corrected chi connectivity index (χ3v) is 3.86. The Bertz CT molecular complexity index is 418. The molecule has 86 valence electrons. The Labute approximate surface area is 107 Å². The molecule has 0 saturated heterocycles. The van der Waals surface area contributed by atoms with Crippen LogP contribution in [0.5, 0.6) is 0 Å². The van der Waals surface area contributed by atoms with Crippen LogP contribution >= 0.6 is 27.5 Å². The highest BCUT2D eigenvalue weighted by molar-refractivity contribution is 9.10. The van der Waals surface area contributed by atoms with E-state index in [-0.39, 0.29) is 18.1 Å². The zero-order valence-corrected chi connectivity index (χ0v) is 10.8. The Morgan fingerprint density at radius 1 is 1.50 bits per heavy atom. The molecule has 2 N–H and O–H groups in total. The van der Waals surface area contributed by atoms with Gasteiger partial charge in [0, 0.05) is 16.1 Å². The molecule has 3 nitrogen and oxygen atoms in total. The van der Waals surface area contributed by atoms with Gasteiger partial charge in [-0.1, -0.05) is 11.6 Å². The summed E-state index contributed by atoms with van der Waals surface area (Å²) in [4.78, 5) is 11.8. The number of carbonyl (C=O) groups excluding carboxylic acids is 1. The van der Waals surface area contributed by atoms with Crippen LogP contribution in [0.4, 0.5) is 0 Å². The SMILES string of the molecule is O=C(NC1CC(O)C1)c1ccc(Br)c(Cl)c1. The maximum Gasteiger partial charge on any atom is 0.251 e. The molecule has 0 heterocycles. The lowest BCUT2D eigenvalue weighted by Crippen LogP contribution is -2.46. The lowest BCUT2D eigenvalue weighted by atomic mass is 9.89. The number of halogens is 2. The summed E-state index contributed by atoms with van der Waals surface area (Å²) < 4.78 is 0.768. The fourth-order valence-electron chi connectivity index (χ4n) is 1.61. The van der Waals surface area contributed by atoms with Crippen molar-refractivity contribution in [1.29, 1.82) is 0 Å². The Morgan fingerprint density at radius 2 is 2.19 bits per heavy atom. The smallest absolute Gasteiger partial charge is 0.251 e. The van der Waals surface area contributed by atoms with Gasteiger partial charge >= 0.3 is 0 Å². The van der Waals surface area contributed by atoms with Gasteiger partial charge in [0.1, 0.15) is 0 Å². The molecule has 1 aliphatic carbocycles. The van der Waals surface area contributed by atoms with Crippen LogP contribution in [0, 0.1) is 0 Å². The minimum atomic E-state index is -0.265. The topological polar surface area (TPSA) is 49.3 Å². The quantitative estimate of drug-likeness (QED) is 0.881. The summed E-state index contributed by atoms with van der Waals surface area (Å²) in [6.45, 7) is 0. The molecule has 1 amide bonds. The first-order chi connectivity index (χ1) is 7.56. The first-order valence-corrected chi connectivity index (χ1v) is 6.17. The molecule has 0 bridgehead atoms. The number of aliphatic hydroxyl groups is 1. The second kappa shape index (κ2) is 4.73. The summed E-state index contributed by atoms with van der Waals surface area (Å²) in [7, 11) is 0. The van der Waals surface area contributed by atoms with Gasteiger partial charge in [0.15, 0.2) is 0 Å². The molecule has 0 atom stereocenters. The van der Waals surface area contributed by atoms with Crippen LogP contribution in [-0.4, -0.2) is 23.2 Å². The second-order valence-corrected chi connectivity index (χ2v) is 5.19. The molecule has 1 aromatic carbocycles. The molecule has 16 heavy (non-hydrogen) atoms. The second-order valence-electron chi connectivity index (χ2n) is 3.92. The van der Waals surface area contributed by atoms with Gasteiger partial charge in [-0.05, 0) is 47.0 Å². The van der Waals surface area contributed by atoms with Crippen LogP contribution in [0.1, 0.15) is 23.2 Å². The van der Waals surface area contributed by atoms with E-state index in [0.29, 0.717) is 23.4 Å². The molecular weight excluding hydrogens is 293 g/mol. The van der Waals surface area contributed by atoms with E-state index in [9.17, 15) is 4.79 Å². The number of amides is 1. The predicted octanol–water partition coefficient (Wildman–Crippen LogP) is 2.36. The summed E-state index contributed by atoms with van der Waals surface area (Å²) >= 11 is 9.16. The van der Waals surface area contributed by atoms with E-state index in [1.54, 1.807) is 18.2 Å². The zero-order valence-electron chi connectivity index (χ0n) is 8.41. The van der Waals surface area contributed by atoms with Crippen LogP contribution < -0.4 is 5.32 Å². The number of hydrogen-bond acceptors (Lipinski definition) is 2. The van der Waals surface area contributed by atoms with Gasteiger partial charge in [-0.2, -0.15) is 0 Å². The van der Waals surface area contributed by atoms with E-state index in [1.165, 1.54) is 0 Å². The van der Waals surface area contributed by atoms with E-state index in [1.807, 2.05) is 0 Å². The van der Waals surface area contributed by atoms with Crippen molar-refractivity contribution in [3.05, 3.63) is 33.3 Å². The van der Waals surface area contributed by atoms with E-state index in [2.05, 4.69) is 21.2 Å². The van der Waals surface area contributed by atoms with Crippen molar-refractivity contribution in [1.82, 2.24) is 5.32 Å². The maximum atomic E-state index is 11.8. The van der Waals surface area contributed by atoms with Crippen LogP contribution in [0.3, 0.4) is 0 Å². The third kappa shape index (κ3) is 2.56. The first-order valence-electron chi connectivity index (χ1n) is 5.00. The fraction of sp³-hybridized carbons (Fsp3) is 0.364. The number of carbonyl (C=O) groups is 1. The molecule has 1 saturated carbocycles. The highest BCUT2D eigenvalue weighted by Crippen LogP contribution is 2.24. The summed E-state index contributed by atoms with van der Waals surface area (Å²) in [5.41, 5.74) is 0.537. The number of hydrogen-bond donors (Lipinski definition) is 2. The van der Waals surface area contributed by atoms with Crippen LogP contribution in [-0.2, 0) is 0 Å². The Hall–Kier alpha value is -0.580. The first kappa shape index (κ1) is 11.9. The van der Waals surface area contributed by atoms with E-state index in [4.69, 9.17) is 16.7 Å². The Morgan fingerprint density at radius 3 is 2.75 bits per heavy atom. The summed E-state index contributed by atoms with van der Waals surface area (Å²) in [6, 6.07) is 5.16. The Kier molecular flexibility index (Phi) is 3.52.